The highest BCUT2D eigenvalue weighted by Gasteiger charge is 2.54. The Hall–Kier alpha value is -6.38. The van der Waals surface area contributed by atoms with Gasteiger partial charge in [0.1, 0.15) is 18.8 Å². The zero-order chi connectivity index (χ0) is 53.3. The Morgan fingerprint density at radius 2 is 0.853 bits per heavy atom. The third-order valence-corrected chi connectivity index (χ3v) is 13.2. The van der Waals surface area contributed by atoms with Crippen molar-refractivity contribution in [2.45, 2.75) is 179 Å². The Kier molecular flexibility index (Phi) is 27.8. The van der Waals surface area contributed by atoms with E-state index in [2.05, 4.69) is 24.5 Å². The Morgan fingerprint density at radius 1 is 0.467 bits per heavy atom. The summed E-state index contributed by atoms with van der Waals surface area (Å²) in [6.07, 6.45) is 13.7. The molecule has 4 aromatic carbocycles. The number of unbranched alkanes of at least 4 members (excludes halogenated alkanes) is 17. The molecule has 5 rings (SSSR count). The van der Waals surface area contributed by atoms with Crippen LogP contribution in [-0.2, 0) is 38.0 Å². The van der Waals surface area contributed by atoms with Gasteiger partial charge in [0.2, 0.25) is 11.8 Å². The molecule has 0 bridgehead atoms. The number of benzene rings is 4. The van der Waals surface area contributed by atoms with E-state index < -0.39 is 79.7 Å². The monoisotopic (exact) mass is 1030 g/mol. The van der Waals surface area contributed by atoms with Crippen LogP contribution in [0.2, 0.25) is 0 Å². The zero-order valence-electron chi connectivity index (χ0n) is 44.2. The van der Waals surface area contributed by atoms with Crippen LogP contribution in [0, 0.1) is 0 Å². The summed E-state index contributed by atoms with van der Waals surface area (Å²) in [5, 5.41) is 5.80. The summed E-state index contributed by atoms with van der Waals surface area (Å²) in [5.74, 6) is -4.14. The zero-order valence-corrected chi connectivity index (χ0v) is 44.2. The summed E-state index contributed by atoms with van der Waals surface area (Å²) in [4.78, 5) is 83.1. The fourth-order valence-corrected chi connectivity index (χ4v) is 8.85. The summed E-state index contributed by atoms with van der Waals surface area (Å²) in [7, 11) is 0. The first-order chi connectivity index (χ1) is 36.7. The molecule has 1 fully saturated rings. The van der Waals surface area contributed by atoms with Gasteiger partial charge < -0.3 is 39.1 Å². The van der Waals surface area contributed by atoms with Crippen molar-refractivity contribution < 1.29 is 57.2 Å². The first-order valence-electron chi connectivity index (χ1n) is 27.5. The van der Waals surface area contributed by atoms with Crippen molar-refractivity contribution in [1.29, 1.82) is 0 Å². The van der Waals surface area contributed by atoms with Gasteiger partial charge in [0.05, 0.1) is 28.9 Å². The van der Waals surface area contributed by atoms with Gasteiger partial charge in [-0.05, 0) is 61.4 Å². The Morgan fingerprint density at radius 3 is 1.31 bits per heavy atom. The van der Waals surface area contributed by atoms with Gasteiger partial charge in [-0.1, -0.05) is 196 Å². The van der Waals surface area contributed by atoms with Crippen LogP contribution in [0.15, 0.2) is 121 Å². The SMILES string of the molecule is CCCCCCCCCCCCCCCCCC(=O)NC(CO[C@@H]1O[C@H](COC(=O)c2ccccc2)[C@H](OC(=O)c2ccccc2)[C@H](OC(=O)c2ccccc2)[C@H]1OC(=O)c1ccccc1)C(=O)NCCCCCC. The molecule has 0 spiro atoms. The molecule has 0 radical (unpaired) electrons. The Labute approximate surface area is 444 Å². The normalized spacial score (nSPS) is 17.5. The van der Waals surface area contributed by atoms with Crippen LogP contribution in [0.4, 0.5) is 0 Å². The summed E-state index contributed by atoms with van der Waals surface area (Å²) in [6.45, 7) is 3.66. The summed E-state index contributed by atoms with van der Waals surface area (Å²) in [5.41, 5.74) is 0.629. The van der Waals surface area contributed by atoms with Crippen molar-refractivity contribution >= 4 is 35.7 Å². The standard InChI is InChI=1S/C61H80N2O12/c1-3-5-7-9-10-11-12-13-14-15-16-17-18-19-32-42-52(64)63-50(56(65)62-43-33-8-6-4-2)44-71-61-55(75-60(69)49-40-30-23-31-41-49)54(74-59(68)48-38-28-22-29-39-48)53(73-58(67)47-36-26-21-27-37-47)51(72-61)45-70-57(66)46-34-24-20-25-35-46/h20-31,34-41,50-51,53-55,61H,3-19,32-33,42-45H2,1-2H3,(H,62,65)(H,63,64)/t50?,51-,53+,54+,55-,61-/m1/s1. The number of carbonyl (C=O) groups is 6. The molecule has 2 N–H and O–H groups in total. The number of esters is 4. The molecule has 0 aliphatic carbocycles. The minimum atomic E-state index is -1.67. The van der Waals surface area contributed by atoms with Crippen LogP contribution >= 0.6 is 0 Å². The number of hydrogen-bond acceptors (Lipinski definition) is 12. The van der Waals surface area contributed by atoms with Crippen LogP contribution in [-0.4, -0.2) is 92.2 Å². The molecular weight excluding hydrogens is 953 g/mol. The van der Waals surface area contributed by atoms with E-state index in [0.29, 0.717) is 13.0 Å². The first kappa shape index (κ1) is 59.5. The van der Waals surface area contributed by atoms with Crippen LogP contribution in [0.3, 0.4) is 0 Å². The highest BCUT2D eigenvalue weighted by Crippen LogP contribution is 2.32. The second-order valence-electron chi connectivity index (χ2n) is 19.2. The van der Waals surface area contributed by atoms with E-state index in [0.717, 1.165) is 44.9 Å². The second kappa shape index (κ2) is 35.0. The smallest absolute Gasteiger partial charge is 0.338 e. The predicted molar refractivity (Wildman–Crippen MR) is 287 cm³/mol. The molecule has 75 heavy (non-hydrogen) atoms. The highest BCUT2D eigenvalue weighted by molar-refractivity contribution is 5.92. The topological polar surface area (TPSA) is 182 Å². The van der Waals surface area contributed by atoms with Crippen LogP contribution in [0.5, 0.6) is 0 Å². The average molecular weight is 1030 g/mol. The van der Waals surface area contributed by atoms with E-state index in [1.807, 2.05) is 0 Å². The lowest BCUT2D eigenvalue weighted by Crippen LogP contribution is -2.63. The minimum absolute atomic E-state index is 0.127. The lowest BCUT2D eigenvalue weighted by atomic mass is 9.97. The van der Waals surface area contributed by atoms with E-state index in [-0.39, 0.29) is 34.6 Å². The van der Waals surface area contributed by atoms with E-state index in [9.17, 15) is 28.8 Å². The molecule has 1 aliphatic heterocycles. The first-order valence-corrected chi connectivity index (χ1v) is 27.5. The maximum atomic E-state index is 14.1. The maximum absolute atomic E-state index is 14.1. The van der Waals surface area contributed by atoms with Gasteiger partial charge in [0.25, 0.3) is 0 Å². The van der Waals surface area contributed by atoms with Gasteiger partial charge >= 0.3 is 23.9 Å². The van der Waals surface area contributed by atoms with Crippen LogP contribution in [0.1, 0.15) is 184 Å². The van der Waals surface area contributed by atoms with Crippen molar-refractivity contribution in [2.24, 2.45) is 0 Å². The lowest BCUT2D eigenvalue weighted by molar-refractivity contribution is -0.299. The number of carbonyl (C=O) groups excluding carboxylic acids is 6. The summed E-state index contributed by atoms with van der Waals surface area (Å²) >= 11 is 0. The molecule has 14 nitrogen and oxygen atoms in total. The molecule has 406 valence electrons. The van der Waals surface area contributed by atoms with E-state index in [4.69, 9.17) is 28.4 Å². The fourth-order valence-electron chi connectivity index (χ4n) is 8.85. The summed E-state index contributed by atoms with van der Waals surface area (Å²) in [6, 6.07) is 31.2. The average Bonchev–Trinajstić information content (AvgIpc) is 3.44. The molecule has 2 amide bonds. The van der Waals surface area contributed by atoms with Crippen LogP contribution < -0.4 is 10.6 Å². The number of nitrogens with one attached hydrogen (secondary N) is 2. The largest absolute Gasteiger partial charge is 0.459 e. The molecule has 0 saturated carbocycles. The van der Waals surface area contributed by atoms with Crippen molar-refractivity contribution in [3.63, 3.8) is 0 Å². The van der Waals surface area contributed by atoms with Gasteiger partial charge in [0.15, 0.2) is 24.6 Å². The second-order valence-corrected chi connectivity index (χ2v) is 19.2. The quantitative estimate of drug-likeness (QED) is 0.0253. The number of ether oxygens (including phenoxy) is 6. The third kappa shape index (κ3) is 21.8. The molecule has 6 atom stereocenters. The third-order valence-electron chi connectivity index (χ3n) is 13.2. The fraction of sp³-hybridized carbons (Fsp3) is 0.508. The molecule has 14 heteroatoms. The summed E-state index contributed by atoms with van der Waals surface area (Å²) < 4.78 is 37.2. The molecular formula is C61H80N2O12. The minimum Gasteiger partial charge on any atom is -0.459 e. The van der Waals surface area contributed by atoms with Crippen molar-refractivity contribution in [2.75, 3.05) is 19.8 Å². The molecule has 1 heterocycles. The van der Waals surface area contributed by atoms with Gasteiger partial charge in [-0.25, -0.2) is 19.2 Å². The highest BCUT2D eigenvalue weighted by atomic mass is 16.7. The number of hydrogen-bond donors (Lipinski definition) is 2. The van der Waals surface area contributed by atoms with E-state index in [1.165, 1.54) is 107 Å². The predicted octanol–water partition coefficient (Wildman–Crippen LogP) is 11.7. The number of amides is 2. The van der Waals surface area contributed by atoms with Crippen LogP contribution in [0.25, 0.3) is 0 Å². The molecule has 0 aromatic heterocycles. The van der Waals surface area contributed by atoms with Gasteiger partial charge in [0, 0.05) is 13.0 Å². The van der Waals surface area contributed by atoms with Gasteiger partial charge in [-0.3, -0.25) is 9.59 Å². The maximum Gasteiger partial charge on any atom is 0.338 e. The van der Waals surface area contributed by atoms with Crippen molar-refractivity contribution in [3.05, 3.63) is 144 Å². The Balaban J connectivity index is 1.36. The van der Waals surface area contributed by atoms with Crippen molar-refractivity contribution in [1.82, 2.24) is 10.6 Å². The molecule has 4 aromatic rings. The van der Waals surface area contributed by atoms with E-state index in [1.54, 1.807) is 84.9 Å². The van der Waals surface area contributed by atoms with Gasteiger partial charge in [-0.15, -0.1) is 0 Å². The van der Waals surface area contributed by atoms with E-state index >= 15 is 0 Å². The number of rotatable bonds is 35. The lowest BCUT2D eigenvalue weighted by Gasteiger charge is -2.44. The molecule has 1 unspecified atom stereocenters. The molecule has 1 aliphatic rings. The van der Waals surface area contributed by atoms with Crippen molar-refractivity contribution in [3.8, 4) is 0 Å². The molecule has 1 saturated heterocycles. The Bertz CT molecular complexity index is 2260. The van der Waals surface area contributed by atoms with Gasteiger partial charge in [-0.2, -0.15) is 0 Å².